The van der Waals surface area contributed by atoms with Crippen LogP contribution < -0.4 is 10.6 Å². The molecule has 0 fully saturated rings. The van der Waals surface area contributed by atoms with Gasteiger partial charge in [-0.2, -0.15) is 5.10 Å². The van der Waals surface area contributed by atoms with E-state index in [-0.39, 0.29) is 18.0 Å². The fraction of sp³-hybridized carbons (Fsp3) is 0.333. The van der Waals surface area contributed by atoms with Gasteiger partial charge in [0.15, 0.2) is 5.82 Å². The Labute approximate surface area is 212 Å². The van der Waals surface area contributed by atoms with Crippen LogP contribution in [0, 0.1) is 13.8 Å². The average molecular weight is 513 g/mol. The first-order valence-electron chi connectivity index (χ1n) is 11.5. The van der Waals surface area contributed by atoms with E-state index in [2.05, 4.69) is 25.5 Å². The van der Waals surface area contributed by atoms with Crippen LogP contribution in [0.5, 0.6) is 0 Å². The van der Waals surface area contributed by atoms with Crippen molar-refractivity contribution in [3.05, 3.63) is 53.0 Å². The van der Waals surface area contributed by atoms with Gasteiger partial charge in [-0.15, -0.1) is 0 Å². The molecule has 2 heterocycles. The molecule has 0 saturated carbocycles. The number of benzene rings is 1. The van der Waals surface area contributed by atoms with Gasteiger partial charge in [0.1, 0.15) is 18.5 Å². The van der Waals surface area contributed by atoms with E-state index in [4.69, 9.17) is 9.84 Å². The van der Waals surface area contributed by atoms with Gasteiger partial charge in [0.25, 0.3) is 11.8 Å². The number of hydrogen-bond acceptors (Lipinski definition) is 10. The van der Waals surface area contributed by atoms with E-state index >= 15 is 0 Å². The van der Waals surface area contributed by atoms with Crippen molar-refractivity contribution in [2.24, 2.45) is 0 Å². The van der Waals surface area contributed by atoms with Crippen molar-refractivity contribution in [3.63, 3.8) is 0 Å². The lowest BCUT2D eigenvalue weighted by Gasteiger charge is -2.18. The maximum Gasteiger partial charge on any atom is 0.419 e. The second-order valence-electron chi connectivity index (χ2n) is 7.84. The molecule has 3 N–H and O–H groups in total. The average Bonchev–Trinajstić information content (AvgIpc) is 3.22. The van der Waals surface area contributed by atoms with E-state index in [0.717, 1.165) is 10.5 Å². The van der Waals surface area contributed by atoms with Gasteiger partial charge in [-0.25, -0.2) is 24.0 Å². The van der Waals surface area contributed by atoms with E-state index < -0.39 is 31.4 Å². The predicted molar refractivity (Wildman–Crippen MR) is 131 cm³/mol. The van der Waals surface area contributed by atoms with Gasteiger partial charge in [0.2, 0.25) is 6.79 Å². The first-order chi connectivity index (χ1) is 17.7. The molecule has 0 saturated heterocycles. The lowest BCUT2D eigenvalue weighted by atomic mass is 10.1. The number of nitrogens with one attached hydrogen (secondary N) is 2. The number of aliphatic hydroxyl groups is 1. The fourth-order valence-electron chi connectivity index (χ4n) is 3.53. The zero-order chi connectivity index (χ0) is 27.1. The molecule has 0 radical (unpaired) electrons. The Hall–Kier alpha value is -4.52. The van der Waals surface area contributed by atoms with Gasteiger partial charge in [0.05, 0.1) is 5.56 Å². The van der Waals surface area contributed by atoms with Crippen LogP contribution in [0.1, 0.15) is 45.7 Å². The topological polar surface area (TPSA) is 164 Å². The minimum atomic E-state index is -1.02. The first kappa shape index (κ1) is 27.1. The number of amides is 3. The maximum atomic E-state index is 13.2. The molecule has 0 unspecified atom stereocenters. The van der Waals surface area contributed by atoms with E-state index in [9.17, 15) is 19.2 Å². The molecular weight excluding hydrogens is 484 g/mol. The highest BCUT2D eigenvalue weighted by Gasteiger charge is 2.27. The second-order valence-corrected chi connectivity index (χ2v) is 7.84. The van der Waals surface area contributed by atoms with E-state index in [1.807, 2.05) is 19.9 Å². The number of carbonyl (C=O) groups excluding carboxylic acids is 4. The monoisotopic (exact) mass is 512 g/mol. The number of rotatable bonds is 9. The van der Waals surface area contributed by atoms with E-state index in [0.29, 0.717) is 34.7 Å². The van der Waals surface area contributed by atoms with Crippen molar-refractivity contribution in [1.29, 1.82) is 0 Å². The third-order valence-corrected chi connectivity index (χ3v) is 5.46. The highest BCUT2D eigenvalue weighted by atomic mass is 16.7. The Morgan fingerprint density at radius 3 is 2.57 bits per heavy atom. The molecule has 37 heavy (non-hydrogen) atoms. The number of hydrogen-bond donors (Lipinski definition) is 3. The number of aryl methyl sites for hydroxylation is 2. The van der Waals surface area contributed by atoms with Gasteiger partial charge in [-0.1, -0.05) is 6.07 Å². The van der Waals surface area contributed by atoms with Crippen molar-refractivity contribution >= 4 is 40.9 Å². The van der Waals surface area contributed by atoms with Crippen molar-refractivity contribution in [2.75, 3.05) is 31.8 Å². The number of esters is 1. The summed E-state index contributed by atoms with van der Waals surface area (Å²) >= 11 is 0. The second kappa shape index (κ2) is 11.9. The Morgan fingerprint density at radius 2 is 1.89 bits per heavy atom. The number of nitrogens with zero attached hydrogens (tertiary/aromatic N) is 4. The van der Waals surface area contributed by atoms with Crippen molar-refractivity contribution in [1.82, 2.24) is 24.8 Å². The molecule has 2 aromatic heterocycles. The van der Waals surface area contributed by atoms with Gasteiger partial charge in [-0.05, 0) is 51.0 Å². The maximum absolute atomic E-state index is 13.2. The fourth-order valence-corrected chi connectivity index (χ4v) is 3.53. The molecule has 0 aliphatic carbocycles. The third-order valence-electron chi connectivity index (χ3n) is 5.46. The standard InChI is InChI=1S/C24H28N6O7/c1-5-25-22(33)16-8-7-14(3)18(9-16)28-21-20-15(4)17(10-30(20)27-12-26-21)23(34)29(6-2)24(35)37-13-36-19(32)11-31/h7-10,12,31H,5-6,11,13H2,1-4H3,(H,25,33)(H,26,27,28). The molecular formula is C24H28N6O7. The number of imide groups is 1. The molecule has 13 nitrogen and oxygen atoms in total. The smallest absolute Gasteiger partial charge is 0.419 e. The van der Waals surface area contributed by atoms with Crippen molar-refractivity contribution in [3.8, 4) is 0 Å². The SMILES string of the molecule is CCNC(=O)c1ccc(C)c(Nc2ncnn3cc(C(=O)N(CC)C(=O)OCOC(=O)CO)c(C)c23)c1. The lowest BCUT2D eigenvalue weighted by molar-refractivity contribution is -0.155. The highest BCUT2D eigenvalue weighted by Crippen LogP contribution is 2.28. The number of fused-ring (bicyclic) bond motifs is 1. The van der Waals surface area contributed by atoms with Crippen LogP contribution in [0.15, 0.2) is 30.7 Å². The Kier molecular flexibility index (Phi) is 8.74. The van der Waals surface area contributed by atoms with Crippen molar-refractivity contribution < 1.29 is 33.8 Å². The number of anilines is 2. The minimum absolute atomic E-state index is 0.0140. The number of aromatic nitrogens is 3. The summed E-state index contributed by atoms with van der Waals surface area (Å²) in [5, 5.41) is 18.8. The zero-order valence-electron chi connectivity index (χ0n) is 20.9. The van der Waals surface area contributed by atoms with Gasteiger partial charge in [-0.3, -0.25) is 9.59 Å². The summed E-state index contributed by atoms with van der Waals surface area (Å²) in [4.78, 5) is 54.1. The molecule has 3 aromatic rings. The first-order valence-corrected chi connectivity index (χ1v) is 11.5. The van der Waals surface area contributed by atoms with Crippen LogP contribution in [0.4, 0.5) is 16.3 Å². The van der Waals surface area contributed by atoms with E-state index in [1.54, 1.807) is 26.0 Å². The molecule has 3 amide bonds. The minimum Gasteiger partial charge on any atom is -0.426 e. The van der Waals surface area contributed by atoms with Crippen LogP contribution in [0.25, 0.3) is 5.52 Å². The molecule has 13 heteroatoms. The highest BCUT2D eigenvalue weighted by molar-refractivity contribution is 6.05. The van der Waals surface area contributed by atoms with Gasteiger partial charge in [0, 0.05) is 30.5 Å². The summed E-state index contributed by atoms with van der Waals surface area (Å²) in [5.41, 5.74) is 3.17. The molecule has 0 bridgehead atoms. The Balaban J connectivity index is 1.90. The molecule has 1 aromatic carbocycles. The molecule has 0 aliphatic heterocycles. The molecule has 0 spiro atoms. The van der Waals surface area contributed by atoms with Crippen LogP contribution in [-0.4, -0.2) is 75.0 Å². The van der Waals surface area contributed by atoms with Crippen LogP contribution in [0.3, 0.4) is 0 Å². The van der Waals surface area contributed by atoms with Gasteiger partial charge < -0.3 is 25.2 Å². The largest absolute Gasteiger partial charge is 0.426 e. The summed E-state index contributed by atoms with van der Waals surface area (Å²) in [6.07, 6.45) is 1.77. The summed E-state index contributed by atoms with van der Waals surface area (Å²) in [5.74, 6) is -1.43. The summed E-state index contributed by atoms with van der Waals surface area (Å²) < 4.78 is 10.8. The summed E-state index contributed by atoms with van der Waals surface area (Å²) in [6, 6.07) is 5.25. The van der Waals surface area contributed by atoms with Crippen LogP contribution in [0.2, 0.25) is 0 Å². The number of carbonyl (C=O) groups is 4. The predicted octanol–water partition coefficient (Wildman–Crippen LogP) is 1.93. The third kappa shape index (κ3) is 6.01. The molecule has 3 rings (SSSR count). The van der Waals surface area contributed by atoms with Crippen LogP contribution in [-0.2, 0) is 14.3 Å². The summed E-state index contributed by atoms with van der Waals surface area (Å²) in [7, 11) is 0. The van der Waals surface area contributed by atoms with E-state index in [1.165, 1.54) is 17.0 Å². The lowest BCUT2D eigenvalue weighted by Crippen LogP contribution is -2.37. The molecule has 0 aliphatic rings. The Bertz CT molecular complexity index is 1340. The van der Waals surface area contributed by atoms with Gasteiger partial charge >= 0.3 is 12.1 Å². The normalized spacial score (nSPS) is 10.6. The zero-order valence-corrected chi connectivity index (χ0v) is 20.9. The Morgan fingerprint density at radius 1 is 1.14 bits per heavy atom. The van der Waals surface area contributed by atoms with Crippen LogP contribution >= 0.6 is 0 Å². The molecule has 196 valence electrons. The molecule has 0 atom stereocenters. The quantitative estimate of drug-likeness (QED) is 0.285. The summed E-state index contributed by atoms with van der Waals surface area (Å²) in [6.45, 7) is 5.87. The number of aliphatic hydroxyl groups excluding tert-OH is 1. The number of ether oxygens (including phenoxy) is 2. The van der Waals surface area contributed by atoms with Crippen molar-refractivity contribution in [2.45, 2.75) is 27.7 Å².